The van der Waals surface area contributed by atoms with Gasteiger partial charge in [0.1, 0.15) is 0 Å². The van der Waals surface area contributed by atoms with Crippen LogP contribution < -0.4 is 9.36 Å². The van der Waals surface area contributed by atoms with Crippen LogP contribution in [0.15, 0.2) is 24.3 Å². The molecule has 0 saturated carbocycles. The van der Waals surface area contributed by atoms with E-state index in [-0.39, 0.29) is 15.9 Å². The van der Waals surface area contributed by atoms with Gasteiger partial charge in [-0.05, 0) is 0 Å². The number of hydrogen-bond donors (Lipinski definition) is 2. The van der Waals surface area contributed by atoms with Gasteiger partial charge < -0.3 is 0 Å². The van der Waals surface area contributed by atoms with Gasteiger partial charge in [-0.2, -0.15) is 0 Å². The summed E-state index contributed by atoms with van der Waals surface area (Å²) in [5, 5.41) is 11.2. The number of hydrazine groups is 1. The third kappa shape index (κ3) is 3.01. The second-order valence-electron chi connectivity index (χ2n) is 3.77. The topological polar surface area (TPSA) is 90.3 Å². The van der Waals surface area contributed by atoms with E-state index in [9.17, 15) is 12.6 Å². The van der Waals surface area contributed by atoms with Crippen LogP contribution in [0.2, 0.25) is 0 Å². The van der Waals surface area contributed by atoms with Crippen LogP contribution in [0.3, 0.4) is 0 Å². The molecule has 8 heteroatoms. The predicted molar refractivity (Wildman–Crippen MR) is 65.3 cm³/mol. The first-order valence-corrected chi connectivity index (χ1v) is 8.35. The third-order valence-electron chi connectivity index (χ3n) is 2.22. The van der Waals surface area contributed by atoms with Crippen molar-refractivity contribution in [1.82, 2.24) is 5.01 Å². The summed E-state index contributed by atoms with van der Waals surface area (Å²) in [6.07, 6.45) is 0. The fourth-order valence-corrected chi connectivity index (χ4v) is 3.32. The second kappa shape index (κ2) is 5.69. The van der Waals surface area contributed by atoms with E-state index in [2.05, 4.69) is 3.88 Å². The van der Waals surface area contributed by atoms with Gasteiger partial charge in [-0.1, -0.05) is 0 Å². The van der Waals surface area contributed by atoms with E-state index in [1.165, 1.54) is 35.1 Å². The molecule has 1 amide bonds. The van der Waals surface area contributed by atoms with E-state index in [0.717, 1.165) is 0 Å². The summed E-state index contributed by atoms with van der Waals surface area (Å²) in [6.45, 7) is 1.33. The van der Waals surface area contributed by atoms with Crippen molar-refractivity contribution in [3.05, 3.63) is 24.3 Å². The van der Waals surface area contributed by atoms with Crippen LogP contribution in [0.5, 0.6) is 0 Å². The van der Waals surface area contributed by atoms with Crippen molar-refractivity contribution in [3.8, 4) is 0 Å². The molecule has 0 aliphatic carbocycles. The van der Waals surface area contributed by atoms with Crippen molar-refractivity contribution in [3.63, 3.8) is 0 Å². The third-order valence-corrected chi connectivity index (χ3v) is 4.76. The Balaban J connectivity index is 3.41. The Hall–Kier alpha value is -1.11. The van der Waals surface area contributed by atoms with Crippen LogP contribution in [-0.2, 0) is 12.4 Å². The van der Waals surface area contributed by atoms with Crippen molar-refractivity contribution in [2.24, 2.45) is 0 Å². The minimum absolute atomic E-state index is 0.0953. The Bertz CT molecular complexity index is 491. The molecule has 1 unspecified atom stereocenters. The molecule has 1 aromatic carbocycles. The van der Waals surface area contributed by atoms with Crippen LogP contribution in [0.4, 0.5) is 5.69 Å². The Morgan fingerprint density at radius 1 is 1.33 bits per heavy atom. The van der Waals surface area contributed by atoms with E-state index < -0.39 is 14.2 Å². The van der Waals surface area contributed by atoms with Gasteiger partial charge in [0.25, 0.3) is 0 Å². The van der Waals surface area contributed by atoms with Crippen molar-refractivity contribution < 1.29 is 21.8 Å². The van der Waals surface area contributed by atoms with Gasteiger partial charge in [0.15, 0.2) is 0 Å². The normalized spacial score (nSPS) is 14.3. The predicted octanol–water partition coefficient (Wildman–Crippen LogP) is -0.426. The maximum absolute atomic E-state index is 11.7. The number of hydrogen-bond acceptors (Lipinski definition) is 5. The first kappa shape index (κ1) is 14.9. The van der Waals surface area contributed by atoms with Crippen molar-refractivity contribution in [1.29, 1.82) is 0 Å². The summed E-state index contributed by atoms with van der Waals surface area (Å²) in [5.41, 5.74) is 0.203. The van der Waals surface area contributed by atoms with E-state index in [4.69, 9.17) is 5.26 Å². The van der Waals surface area contributed by atoms with Crippen molar-refractivity contribution >= 4 is 30.1 Å². The second-order valence-corrected chi connectivity index (χ2v) is 7.31. The summed E-state index contributed by atoms with van der Waals surface area (Å²) in [7, 11) is 3.24. The molecule has 18 heavy (non-hydrogen) atoms. The Labute approximate surface area is 107 Å². The Morgan fingerprint density at radius 3 is 2.33 bits per heavy atom. The number of nitrogens with zero attached hydrogens (tertiary/aromatic N) is 2. The summed E-state index contributed by atoms with van der Waals surface area (Å²) < 4.78 is 24.9. The molecular formula is C10H15AsN2O5. The molecular weight excluding hydrogens is 303 g/mol. The van der Waals surface area contributed by atoms with Gasteiger partial charge in [-0.25, -0.2) is 0 Å². The summed E-state index contributed by atoms with van der Waals surface area (Å²) >= 11 is -5.03. The molecule has 0 aliphatic heterocycles. The fourth-order valence-electron chi connectivity index (χ4n) is 1.59. The van der Waals surface area contributed by atoms with Crippen molar-refractivity contribution in [2.75, 3.05) is 19.1 Å². The Morgan fingerprint density at radius 2 is 1.89 bits per heavy atom. The molecule has 0 bridgehead atoms. The average molecular weight is 318 g/mol. The quantitative estimate of drug-likeness (QED) is 0.445. The van der Waals surface area contributed by atoms with E-state index in [0.29, 0.717) is 0 Å². The van der Waals surface area contributed by atoms with Gasteiger partial charge in [0, 0.05) is 0 Å². The van der Waals surface area contributed by atoms with Crippen LogP contribution in [0.25, 0.3) is 0 Å². The number of carbonyl (C=O) groups is 1. The van der Waals surface area contributed by atoms with Gasteiger partial charge in [0.2, 0.25) is 0 Å². The molecule has 7 nitrogen and oxygen atoms in total. The molecule has 1 aromatic rings. The minimum atomic E-state index is -5.03. The summed E-state index contributed by atoms with van der Waals surface area (Å²) in [6, 6.07) is 5.98. The number of carbonyl (C=O) groups excluding carboxylic acids is 1. The summed E-state index contributed by atoms with van der Waals surface area (Å²) in [4.78, 5) is 11.6. The van der Waals surface area contributed by atoms with Crippen LogP contribution >= 0.6 is 0 Å². The zero-order valence-corrected chi connectivity index (χ0v) is 12.1. The van der Waals surface area contributed by atoms with E-state index in [1.54, 1.807) is 20.2 Å². The fraction of sp³-hybridized carbons (Fsp3) is 0.300. The standard InChI is InChI=1S/C10H15AsN2O5/c1-8(14)13(12(2)3)10-7-5-4-6-9(10)11(15,16)18-17/h4-7,17H,1-3H3,(H,15,16). The molecule has 0 spiro atoms. The first-order valence-electron chi connectivity index (χ1n) is 5.04. The molecule has 0 fully saturated rings. The zero-order chi connectivity index (χ0) is 13.9. The zero-order valence-electron chi connectivity index (χ0n) is 10.3. The summed E-state index contributed by atoms with van der Waals surface area (Å²) in [5.74, 6) is -0.333. The maximum atomic E-state index is 11.7. The molecule has 2 N–H and O–H groups in total. The first-order chi connectivity index (χ1) is 8.31. The van der Waals surface area contributed by atoms with Crippen LogP contribution in [0.1, 0.15) is 6.92 Å². The van der Waals surface area contributed by atoms with Gasteiger partial charge >= 0.3 is 107 Å². The molecule has 0 saturated heterocycles. The molecule has 0 aliphatic rings. The van der Waals surface area contributed by atoms with E-state index >= 15 is 0 Å². The molecule has 1 atom stereocenters. The Kier molecular flexibility index (Phi) is 4.72. The van der Waals surface area contributed by atoms with Gasteiger partial charge in [-0.15, -0.1) is 0 Å². The number of rotatable bonds is 4. The number of para-hydroxylation sites is 1. The van der Waals surface area contributed by atoms with E-state index in [1.807, 2.05) is 0 Å². The monoisotopic (exact) mass is 318 g/mol. The molecule has 0 aromatic heterocycles. The number of benzene rings is 1. The van der Waals surface area contributed by atoms with Crippen LogP contribution in [-0.4, -0.2) is 48.5 Å². The molecule has 100 valence electrons. The number of amides is 1. The SMILES string of the molecule is CC(=O)N(c1ccccc1[As](=O)(O)OO)N(C)C. The van der Waals surface area contributed by atoms with Gasteiger partial charge in [0.05, 0.1) is 0 Å². The molecule has 0 radical (unpaired) electrons. The molecule has 0 heterocycles. The van der Waals surface area contributed by atoms with Crippen molar-refractivity contribution in [2.45, 2.75) is 6.92 Å². The molecule has 1 rings (SSSR count). The van der Waals surface area contributed by atoms with Crippen LogP contribution in [0, 0.1) is 0 Å². The number of anilines is 1. The van der Waals surface area contributed by atoms with Gasteiger partial charge in [-0.3, -0.25) is 0 Å². The average Bonchev–Trinajstić information content (AvgIpc) is 2.28.